The molecule has 2 heterocycles. The summed E-state index contributed by atoms with van der Waals surface area (Å²) in [4.78, 5) is 149. The summed E-state index contributed by atoms with van der Waals surface area (Å²) in [5, 5.41) is 43.8. The van der Waals surface area contributed by atoms with Crippen molar-refractivity contribution >= 4 is 65.0 Å². The van der Waals surface area contributed by atoms with Crippen molar-refractivity contribution in [2.75, 3.05) is 65.4 Å². The molecule has 10 atom stereocenters. The van der Waals surface area contributed by atoms with Gasteiger partial charge in [0, 0.05) is 51.0 Å². The fourth-order valence-electron chi connectivity index (χ4n) is 8.61. The van der Waals surface area contributed by atoms with Crippen molar-refractivity contribution in [3.8, 4) is 0 Å². The molecule has 480 valence electrons. The van der Waals surface area contributed by atoms with Crippen LogP contribution in [0.5, 0.6) is 0 Å². The van der Waals surface area contributed by atoms with E-state index in [9.17, 15) is 58.2 Å². The maximum Gasteiger partial charge on any atom is 0.268 e. The topological polar surface area (TPSA) is 598 Å². The number of amides is 10. The molecule has 34 heteroatoms. The highest BCUT2D eigenvalue weighted by atomic mass is 16.3. The normalized spacial score (nSPS) is 16.3. The van der Waals surface area contributed by atoms with Gasteiger partial charge in [-0.05, 0) is 110 Å². The lowest BCUT2D eigenvalue weighted by molar-refractivity contribution is -0.142. The fraction of sp³-hybridized carbons (Fsp3) is 0.686. The Morgan fingerprint density at radius 2 is 1.31 bits per heavy atom. The first-order chi connectivity index (χ1) is 40.6. The molecule has 2 unspecified atom stereocenters. The summed E-state index contributed by atoms with van der Waals surface area (Å²) in [6.45, 7) is 1.09. The molecular weight excluding hydrogens is 1110 g/mol. The number of H-pyrrole nitrogens is 1. The number of rotatable bonds is 42. The van der Waals surface area contributed by atoms with Gasteiger partial charge in [-0.1, -0.05) is 12.5 Å². The van der Waals surface area contributed by atoms with E-state index in [0.29, 0.717) is 76.8 Å². The lowest BCUT2D eigenvalue weighted by atomic mass is 10.1. The summed E-state index contributed by atoms with van der Waals surface area (Å²) in [5.74, 6) is -8.64. The van der Waals surface area contributed by atoms with Gasteiger partial charge in [-0.2, -0.15) is 0 Å². The predicted molar refractivity (Wildman–Crippen MR) is 312 cm³/mol. The van der Waals surface area contributed by atoms with Crippen molar-refractivity contribution in [2.24, 2.45) is 56.6 Å². The molecule has 1 aliphatic rings. The number of imidazole rings is 1. The Hall–Kier alpha value is -7.44. The lowest BCUT2D eigenvalue weighted by Gasteiger charge is -2.30. The number of aromatic nitrogens is 2. The van der Waals surface area contributed by atoms with Gasteiger partial charge in [-0.15, -0.1) is 0 Å². The number of aliphatic hydroxyl groups excluding tert-OH is 2. The van der Waals surface area contributed by atoms with Crippen molar-refractivity contribution in [1.29, 1.82) is 0 Å². The molecule has 1 saturated heterocycles. The number of hydrogen-bond donors (Lipinski definition) is 21. The van der Waals surface area contributed by atoms with Crippen LogP contribution in [0, 0.1) is 0 Å². The third kappa shape index (κ3) is 27.0. The fourth-order valence-corrected chi connectivity index (χ4v) is 8.61. The molecule has 34 nitrogen and oxygen atoms in total. The number of hydrogen-bond acceptors (Lipinski definition) is 21. The molecule has 2 rings (SSSR count). The second-order valence-corrected chi connectivity index (χ2v) is 20.3. The molecule has 0 bridgehead atoms. The third-order valence-electron chi connectivity index (χ3n) is 13.4. The van der Waals surface area contributed by atoms with Gasteiger partial charge in [-0.3, -0.25) is 52.9 Å². The van der Waals surface area contributed by atoms with Gasteiger partial charge in [0.2, 0.25) is 53.2 Å². The Labute approximate surface area is 494 Å². The highest BCUT2D eigenvalue weighted by molar-refractivity contribution is 6.02. The SMILES string of the molecule is C[C@H](NC(=O)C(Cc1cnc[nH]1)NC(=O)[C@@H]1CCCN1C(=O)[C@@H](CCCN)NC(=O)CNC(=O)[C@@H](NC(=O)[C@@H](NC(=O)C(N)CCCCN)[C@@H](O)CN)[C@@H](O)CN)C(=O)N/C(=C\CCN=C(N)N)C(=O)N[C@@H](CCCCN)C(=O)NCCCCN. The molecule has 1 aromatic rings. The van der Waals surface area contributed by atoms with Crippen LogP contribution in [-0.4, -0.2) is 216 Å². The molecule has 30 N–H and O–H groups in total. The van der Waals surface area contributed by atoms with Crippen LogP contribution in [-0.2, 0) is 54.4 Å². The number of aliphatic imine (C=N–C) groups is 1. The minimum absolute atomic E-state index is 0.0162. The molecule has 1 fully saturated rings. The molecule has 10 amide bonds. The predicted octanol–water partition coefficient (Wildman–Crippen LogP) is -9.53. The number of nitrogens with two attached hydrogens (primary N) is 9. The zero-order chi connectivity index (χ0) is 63.4. The maximum atomic E-state index is 14.3. The highest BCUT2D eigenvalue weighted by Gasteiger charge is 2.40. The second kappa shape index (κ2) is 40.8. The Kier molecular flexibility index (Phi) is 35.3. The van der Waals surface area contributed by atoms with Crippen molar-refractivity contribution in [3.05, 3.63) is 30.0 Å². The first kappa shape index (κ1) is 73.7. The van der Waals surface area contributed by atoms with E-state index in [2.05, 4.69) is 62.8 Å². The van der Waals surface area contributed by atoms with E-state index in [1.165, 1.54) is 30.4 Å². The average Bonchev–Trinajstić information content (AvgIpc) is 4.20. The van der Waals surface area contributed by atoms with Gasteiger partial charge in [0.1, 0.15) is 48.0 Å². The highest BCUT2D eigenvalue weighted by Crippen LogP contribution is 2.20. The first-order valence-corrected chi connectivity index (χ1v) is 28.6. The van der Waals surface area contributed by atoms with Gasteiger partial charge in [0.15, 0.2) is 5.96 Å². The zero-order valence-electron chi connectivity index (χ0n) is 48.5. The van der Waals surface area contributed by atoms with Crippen LogP contribution in [0.3, 0.4) is 0 Å². The number of aliphatic hydroxyl groups is 2. The van der Waals surface area contributed by atoms with Gasteiger partial charge in [0.05, 0.1) is 31.1 Å². The quantitative estimate of drug-likeness (QED) is 0.0125. The van der Waals surface area contributed by atoms with E-state index < -0.39 is 139 Å². The maximum absolute atomic E-state index is 14.3. The van der Waals surface area contributed by atoms with Crippen LogP contribution in [0.4, 0.5) is 0 Å². The van der Waals surface area contributed by atoms with Gasteiger partial charge < -0.3 is 120 Å². The lowest BCUT2D eigenvalue weighted by Crippen LogP contribution is -2.63. The molecule has 1 aliphatic heterocycles. The standard InChI is InChI=1S/C51H94N22O12/c1-29(42(77)68-33(14-9-21-63-51(59)60)45(80)69-32(12-3-5-17-53)44(79)62-20-7-6-18-54)66-46(81)35(23-30-26-61-28-65-30)70-47(82)36-15-10-22-73(36)50(85)34(13-8-19-55)67-39(76)27-64-48(83)40(37(74)24-56)72-49(84)41(38(75)25-57)71-43(78)31(58)11-2-4-16-52/h14,26,28-29,31-32,34-38,40-41,74-75H,2-13,15-25,27,52-58H2,1H3,(H,61,65)(H,62,79)(H,64,83)(H,66,81)(H,67,76)(H,68,77)(H,69,80)(H,70,82)(H,71,78)(H,72,84)(H4,59,60,63)/b33-14-/t29-,31?,32-,34+,35?,36-,37-,38-,40-,41-/m0/s1. The monoisotopic (exact) mass is 1210 g/mol. The third-order valence-corrected chi connectivity index (χ3v) is 13.4. The largest absolute Gasteiger partial charge is 0.389 e. The van der Waals surface area contributed by atoms with Crippen LogP contribution in [0.25, 0.3) is 0 Å². The zero-order valence-corrected chi connectivity index (χ0v) is 48.5. The molecular formula is C51H94N22O12. The van der Waals surface area contributed by atoms with Crippen molar-refractivity contribution < 1.29 is 58.2 Å². The molecule has 0 aromatic carbocycles. The molecule has 0 spiro atoms. The molecule has 0 aliphatic carbocycles. The van der Waals surface area contributed by atoms with Crippen LogP contribution >= 0.6 is 0 Å². The Balaban J connectivity index is 2.28. The number of aromatic amines is 1. The molecule has 0 saturated carbocycles. The summed E-state index contributed by atoms with van der Waals surface area (Å²) in [7, 11) is 0. The minimum atomic E-state index is -1.83. The van der Waals surface area contributed by atoms with Crippen LogP contribution in [0.2, 0.25) is 0 Å². The number of carbonyl (C=O) groups excluding carboxylic acids is 10. The number of carbonyl (C=O) groups is 10. The Morgan fingerprint density at radius 1 is 0.694 bits per heavy atom. The summed E-state index contributed by atoms with van der Waals surface area (Å²) < 4.78 is 0. The van der Waals surface area contributed by atoms with E-state index in [0.717, 1.165) is 0 Å². The summed E-state index contributed by atoms with van der Waals surface area (Å²) >= 11 is 0. The van der Waals surface area contributed by atoms with Gasteiger partial charge in [-0.25, -0.2) is 4.98 Å². The van der Waals surface area contributed by atoms with E-state index in [1.807, 2.05) is 0 Å². The van der Waals surface area contributed by atoms with E-state index in [4.69, 9.17) is 51.6 Å². The van der Waals surface area contributed by atoms with Gasteiger partial charge in [0.25, 0.3) is 5.91 Å². The molecule has 1 aromatic heterocycles. The number of guanidine groups is 1. The van der Waals surface area contributed by atoms with E-state index in [-0.39, 0.29) is 76.2 Å². The van der Waals surface area contributed by atoms with Crippen molar-refractivity contribution in [1.82, 2.24) is 62.7 Å². The second-order valence-electron chi connectivity index (χ2n) is 20.3. The average molecular weight is 1210 g/mol. The van der Waals surface area contributed by atoms with Gasteiger partial charge >= 0.3 is 0 Å². The van der Waals surface area contributed by atoms with Crippen molar-refractivity contribution in [3.63, 3.8) is 0 Å². The summed E-state index contributed by atoms with van der Waals surface area (Å²) in [5.41, 5.74) is 50.8. The number of likely N-dealkylation sites (tertiary alicyclic amines) is 1. The number of unbranched alkanes of at least 4 members (excludes halogenated alkanes) is 3. The summed E-state index contributed by atoms with van der Waals surface area (Å²) in [6, 6.07) is -10.9. The van der Waals surface area contributed by atoms with E-state index >= 15 is 0 Å². The minimum Gasteiger partial charge on any atom is -0.389 e. The van der Waals surface area contributed by atoms with Crippen LogP contribution in [0.1, 0.15) is 96.1 Å². The number of nitrogens with one attached hydrogen (secondary N) is 10. The van der Waals surface area contributed by atoms with E-state index in [1.54, 1.807) is 0 Å². The van der Waals surface area contributed by atoms with Crippen LogP contribution < -0.4 is 99.5 Å². The Morgan fingerprint density at radius 3 is 1.92 bits per heavy atom. The Bertz CT molecular complexity index is 2340. The van der Waals surface area contributed by atoms with Crippen LogP contribution in [0.15, 0.2) is 29.3 Å². The first-order valence-electron chi connectivity index (χ1n) is 28.6. The van der Waals surface area contributed by atoms with Crippen molar-refractivity contribution in [2.45, 2.75) is 157 Å². The molecule has 0 radical (unpaired) electrons. The number of nitrogens with zero attached hydrogens (tertiary/aromatic N) is 3. The smallest absolute Gasteiger partial charge is 0.268 e. The molecule has 85 heavy (non-hydrogen) atoms. The summed E-state index contributed by atoms with van der Waals surface area (Å²) in [6.07, 6.45) is 5.15.